The van der Waals surface area contributed by atoms with Crippen molar-refractivity contribution in [3.63, 3.8) is 0 Å². The fraction of sp³-hybridized carbons (Fsp3) is 1.00. The number of hydrogen-bond acceptors (Lipinski definition) is 3. The number of rotatable bonds is 7. The zero-order valence-electron chi connectivity index (χ0n) is 11.1. The molecule has 0 fully saturated rings. The van der Waals surface area contributed by atoms with Crippen molar-refractivity contribution in [1.29, 1.82) is 0 Å². The molecule has 0 aliphatic heterocycles. The van der Waals surface area contributed by atoms with Gasteiger partial charge in [0.05, 0.1) is 12.8 Å². The van der Waals surface area contributed by atoms with E-state index in [0.717, 1.165) is 12.8 Å². The Balaban J connectivity index is 4.37. The van der Waals surface area contributed by atoms with Gasteiger partial charge >= 0.3 is 0 Å². The Hall–Kier alpha value is 0.630. The van der Waals surface area contributed by atoms with Crippen molar-refractivity contribution in [2.24, 2.45) is 5.73 Å². The highest BCUT2D eigenvalue weighted by atomic mass is 79.9. The summed E-state index contributed by atoms with van der Waals surface area (Å²) in [6, 6.07) is 0.329. The van der Waals surface area contributed by atoms with Crippen molar-refractivity contribution in [2.75, 3.05) is 18.7 Å². The fourth-order valence-corrected chi connectivity index (χ4v) is 2.42. The van der Waals surface area contributed by atoms with E-state index in [4.69, 9.17) is 5.73 Å². The molecule has 0 radical (unpaired) electrons. The quantitative estimate of drug-likeness (QED) is 0.432. The standard InChI is InChI=1S/C11H26BrN2OP/c1-6-10(14-11(3,13)8-12)7-9(2)16(4,5)15/h9-10,14H,6-8,13H2,1-5H3/t9?,10?,11-/m0/s1. The van der Waals surface area contributed by atoms with E-state index in [1.54, 1.807) is 0 Å². The molecule has 16 heavy (non-hydrogen) atoms. The van der Waals surface area contributed by atoms with Crippen molar-refractivity contribution in [3.8, 4) is 0 Å². The SMILES string of the molecule is CCC(CC(C)P(C)(C)=O)N[C@](C)(N)CBr. The summed E-state index contributed by atoms with van der Waals surface area (Å²) in [7, 11) is -1.99. The number of hydrogen-bond donors (Lipinski definition) is 2. The molecule has 0 aromatic rings. The van der Waals surface area contributed by atoms with Gasteiger partial charge in [-0.2, -0.15) is 0 Å². The topological polar surface area (TPSA) is 55.1 Å². The van der Waals surface area contributed by atoms with Crippen LogP contribution < -0.4 is 11.1 Å². The highest BCUT2D eigenvalue weighted by Gasteiger charge is 2.25. The summed E-state index contributed by atoms with van der Waals surface area (Å²) < 4.78 is 11.9. The lowest BCUT2D eigenvalue weighted by molar-refractivity contribution is 0.329. The van der Waals surface area contributed by atoms with Crippen molar-refractivity contribution < 1.29 is 4.57 Å². The molecule has 0 bridgehead atoms. The maximum Gasteiger partial charge on any atom is 0.0846 e. The predicted molar refractivity (Wildman–Crippen MR) is 77.1 cm³/mol. The van der Waals surface area contributed by atoms with Gasteiger partial charge in [0.15, 0.2) is 0 Å². The average Bonchev–Trinajstić information content (AvgIpc) is 2.15. The van der Waals surface area contributed by atoms with E-state index in [0.29, 0.717) is 11.4 Å². The third kappa shape index (κ3) is 6.39. The minimum atomic E-state index is -1.99. The van der Waals surface area contributed by atoms with E-state index >= 15 is 0 Å². The minimum Gasteiger partial charge on any atom is -0.324 e. The largest absolute Gasteiger partial charge is 0.324 e. The molecule has 3 nitrogen and oxygen atoms in total. The van der Waals surface area contributed by atoms with Crippen molar-refractivity contribution in [1.82, 2.24) is 5.32 Å². The van der Waals surface area contributed by atoms with Crippen LogP contribution in [0.4, 0.5) is 0 Å². The number of nitrogens with one attached hydrogen (secondary N) is 1. The zero-order valence-corrected chi connectivity index (χ0v) is 13.6. The first-order chi connectivity index (χ1) is 7.12. The van der Waals surface area contributed by atoms with Gasteiger partial charge in [-0.25, -0.2) is 0 Å². The van der Waals surface area contributed by atoms with Gasteiger partial charge in [-0.15, -0.1) is 0 Å². The molecule has 0 aromatic heterocycles. The Morgan fingerprint density at radius 1 is 1.50 bits per heavy atom. The van der Waals surface area contributed by atoms with Crippen LogP contribution in [0.2, 0.25) is 0 Å². The molecule has 2 unspecified atom stereocenters. The zero-order chi connectivity index (χ0) is 13.0. The molecule has 3 N–H and O–H groups in total. The maximum atomic E-state index is 11.9. The van der Waals surface area contributed by atoms with Gasteiger partial charge < -0.3 is 10.3 Å². The number of halogens is 1. The van der Waals surface area contributed by atoms with Gasteiger partial charge in [0, 0.05) is 17.0 Å². The van der Waals surface area contributed by atoms with Gasteiger partial charge in [-0.05, 0) is 33.1 Å². The van der Waals surface area contributed by atoms with E-state index < -0.39 is 12.8 Å². The molecular weight excluding hydrogens is 287 g/mol. The van der Waals surface area contributed by atoms with E-state index in [-0.39, 0.29) is 5.66 Å². The molecule has 0 aliphatic carbocycles. The molecule has 98 valence electrons. The van der Waals surface area contributed by atoms with Crippen LogP contribution in [0.3, 0.4) is 0 Å². The summed E-state index contributed by atoms with van der Waals surface area (Å²) in [6.07, 6.45) is 1.92. The number of nitrogens with two attached hydrogens (primary N) is 1. The van der Waals surface area contributed by atoms with Gasteiger partial charge in [0.2, 0.25) is 0 Å². The lowest BCUT2D eigenvalue weighted by Crippen LogP contribution is -2.56. The first kappa shape index (κ1) is 16.6. The van der Waals surface area contributed by atoms with Gasteiger partial charge in [-0.1, -0.05) is 29.8 Å². The molecule has 0 saturated carbocycles. The molecule has 0 amide bonds. The van der Waals surface area contributed by atoms with Crippen LogP contribution in [0.1, 0.15) is 33.6 Å². The lowest BCUT2D eigenvalue weighted by atomic mass is 10.1. The normalized spacial score (nSPS) is 20.2. The summed E-state index contributed by atoms with van der Waals surface area (Å²) in [6.45, 7) is 9.87. The molecule has 0 rings (SSSR count). The molecular formula is C11H26BrN2OP. The highest BCUT2D eigenvalue weighted by molar-refractivity contribution is 9.09. The summed E-state index contributed by atoms with van der Waals surface area (Å²) in [4.78, 5) is 0. The van der Waals surface area contributed by atoms with Crippen molar-refractivity contribution in [2.45, 2.75) is 51.0 Å². The Morgan fingerprint density at radius 3 is 2.31 bits per heavy atom. The molecule has 0 heterocycles. The van der Waals surface area contributed by atoms with E-state index in [9.17, 15) is 4.57 Å². The summed E-state index contributed by atoms with van der Waals surface area (Å²) in [5.41, 5.74) is 5.90. The summed E-state index contributed by atoms with van der Waals surface area (Å²) >= 11 is 3.39. The second kappa shape index (κ2) is 6.53. The van der Waals surface area contributed by atoms with Crippen LogP contribution in [0.5, 0.6) is 0 Å². The van der Waals surface area contributed by atoms with Gasteiger partial charge in [0.25, 0.3) is 0 Å². The van der Waals surface area contributed by atoms with E-state index in [1.807, 2.05) is 20.3 Å². The molecule has 0 aromatic carbocycles. The molecule has 0 spiro atoms. The van der Waals surface area contributed by atoms with Gasteiger partial charge in [0.1, 0.15) is 0 Å². The summed E-state index contributed by atoms with van der Waals surface area (Å²) in [5.74, 6) is 0. The lowest BCUT2D eigenvalue weighted by Gasteiger charge is -2.32. The first-order valence-electron chi connectivity index (χ1n) is 5.79. The van der Waals surface area contributed by atoms with Gasteiger partial charge in [-0.3, -0.25) is 5.32 Å². The average molecular weight is 313 g/mol. The van der Waals surface area contributed by atoms with Crippen LogP contribution in [0.15, 0.2) is 0 Å². The first-order valence-corrected chi connectivity index (χ1v) is 9.58. The van der Waals surface area contributed by atoms with Crippen LogP contribution in [0, 0.1) is 0 Å². The number of alkyl halides is 1. The molecule has 3 atom stereocenters. The van der Waals surface area contributed by atoms with Crippen molar-refractivity contribution in [3.05, 3.63) is 0 Å². The Bertz CT molecular complexity index is 252. The monoisotopic (exact) mass is 312 g/mol. The minimum absolute atomic E-state index is 0.246. The highest BCUT2D eigenvalue weighted by Crippen LogP contribution is 2.44. The van der Waals surface area contributed by atoms with Crippen LogP contribution in [-0.4, -0.2) is 36.0 Å². The smallest absolute Gasteiger partial charge is 0.0846 e. The fourth-order valence-electron chi connectivity index (χ4n) is 1.50. The Kier molecular flexibility index (Phi) is 6.79. The van der Waals surface area contributed by atoms with Crippen LogP contribution in [0.25, 0.3) is 0 Å². The summed E-state index contributed by atoms with van der Waals surface area (Å²) in [5, 5.41) is 4.11. The van der Waals surface area contributed by atoms with Crippen molar-refractivity contribution >= 4 is 23.1 Å². The second-order valence-corrected chi connectivity index (χ2v) is 9.63. The molecule has 0 aliphatic rings. The second-order valence-electron chi connectivity index (χ2n) is 5.32. The van der Waals surface area contributed by atoms with Crippen LogP contribution in [-0.2, 0) is 4.57 Å². The van der Waals surface area contributed by atoms with E-state index in [2.05, 4.69) is 35.1 Å². The van der Waals surface area contributed by atoms with Crippen LogP contribution >= 0.6 is 23.1 Å². The third-order valence-corrected chi connectivity index (χ3v) is 6.49. The Morgan fingerprint density at radius 2 is 2.00 bits per heavy atom. The van der Waals surface area contributed by atoms with E-state index in [1.165, 1.54) is 0 Å². The maximum absolute atomic E-state index is 11.9. The third-order valence-electron chi connectivity index (χ3n) is 2.99. The Labute approximate surface area is 108 Å². The predicted octanol–water partition coefficient (Wildman–Crippen LogP) is 2.83. The molecule has 0 saturated heterocycles. The molecule has 5 heteroatoms.